The van der Waals surface area contributed by atoms with E-state index in [1.165, 1.54) is 6.42 Å². The summed E-state index contributed by atoms with van der Waals surface area (Å²) < 4.78 is 6.19. The van der Waals surface area contributed by atoms with Gasteiger partial charge < -0.3 is 9.84 Å². The summed E-state index contributed by atoms with van der Waals surface area (Å²) in [5.41, 5.74) is -0.949. The minimum Gasteiger partial charge on any atom is -0.367 e. The molecular formula is C16H27NO3. The quantitative estimate of drug-likeness (QED) is 0.618. The molecule has 0 amide bonds. The first-order chi connectivity index (χ1) is 9.32. The van der Waals surface area contributed by atoms with Crippen LogP contribution in [0.4, 0.5) is 0 Å². The molecule has 4 fully saturated rings. The zero-order valence-corrected chi connectivity index (χ0v) is 12.9. The van der Waals surface area contributed by atoms with E-state index in [9.17, 15) is 10.0 Å². The van der Waals surface area contributed by atoms with Crippen LogP contribution in [0.3, 0.4) is 0 Å². The predicted molar refractivity (Wildman–Crippen MR) is 77.1 cm³/mol. The van der Waals surface area contributed by atoms with Crippen molar-refractivity contribution in [3.63, 3.8) is 0 Å². The van der Waals surface area contributed by atoms with Crippen LogP contribution < -0.4 is 0 Å². The Morgan fingerprint density at radius 2 is 1.90 bits per heavy atom. The first-order valence-electron chi connectivity index (χ1n) is 8.02. The minimum absolute atomic E-state index is 0.245. The molecule has 4 heteroatoms. The molecule has 20 heavy (non-hydrogen) atoms. The van der Waals surface area contributed by atoms with E-state index in [4.69, 9.17) is 4.74 Å². The Balaban J connectivity index is 1.81. The molecule has 0 spiro atoms. The molecule has 1 N–H and O–H groups in total. The molecule has 0 saturated heterocycles. The maximum Gasteiger partial charge on any atom is 0.160 e. The fraction of sp³-hybridized carbons (Fsp3) is 1.00. The van der Waals surface area contributed by atoms with Gasteiger partial charge in [0.25, 0.3) is 0 Å². The van der Waals surface area contributed by atoms with Crippen LogP contribution in [0.25, 0.3) is 0 Å². The van der Waals surface area contributed by atoms with Gasteiger partial charge in [-0.25, -0.2) is 0 Å². The third-order valence-electron chi connectivity index (χ3n) is 6.11. The molecule has 114 valence electrons. The van der Waals surface area contributed by atoms with Crippen molar-refractivity contribution in [2.45, 2.75) is 83.1 Å². The lowest BCUT2D eigenvalue weighted by Crippen LogP contribution is -2.60. The highest BCUT2D eigenvalue weighted by Crippen LogP contribution is 2.60. The average molecular weight is 281 g/mol. The van der Waals surface area contributed by atoms with Crippen molar-refractivity contribution in [2.24, 2.45) is 22.4 Å². The summed E-state index contributed by atoms with van der Waals surface area (Å²) in [5, 5.41) is 14.0. The average Bonchev–Trinajstić information content (AvgIpc) is 2.36. The van der Waals surface area contributed by atoms with Crippen LogP contribution in [0.15, 0.2) is 5.18 Å². The minimum atomic E-state index is -0.757. The van der Waals surface area contributed by atoms with E-state index in [0.717, 1.165) is 32.1 Å². The predicted octanol–water partition coefficient (Wildman–Crippen LogP) is 3.62. The Hall–Kier alpha value is -0.480. The SMILES string of the molecule is CCC(C)(C)C(O)OC12CC3CC(CC(N=O)(C3)C1)C2. The fourth-order valence-corrected chi connectivity index (χ4v) is 4.95. The molecule has 4 rings (SSSR count). The number of hydrogen-bond acceptors (Lipinski definition) is 4. The number of nitrogens with zero attached hydrogens (tertiary/aromatic N) is 1. The van der Waals surface area contributed by atoms with E-state index in [2.05, 4.69) is 12.1 Å². The number of aliphatic hydroxyl groups is 1. The summed E-state index contributed by atoms with van der Waals surface area (Å²) >= 11 is 0. The lowest BCUT2D eigenvalue weighted by Gasteiger charge is -2.59. The van der Waals surface area contributed by atoms with Gasteiger partial charge in [-0.15, -0.1) is 0 Å². The van der Waals surface area contributed by atoms with Gasteiger partial charge in [0.15, 0.2) is 6.29 Å². The fourth-order valence-electron chi connectivity index (χ4n) is 4.95. The summed E-state index contributed by atoms with van der Waals surface area (Å²) in [6, 6.07) is 0. The third-order valence-corrected chi connectivity index (χ3v) is 6.11. The van der Waals surface area contributed by atoms with Crippen LogP contribution in [-0.2, 0) is 4.74 Å². The molecular weight excluding hydrogens is 254 g/mol. The summed E-state index contributed by atoms with van der Waals surface area (Å²) in [5.74, 6) is 1.12. The highest BCUT2D eigenvalue weighted by molar-refractivity contribution is 5.13. The molecule has 0 radical (unpaired) electrons. The van der Waals surface area contributed by atoms with Crippen LogP contribution in [0, 0.1) is 22.2 Å². The number of rotatable bonds is 5. The van der Waals surface area contributed by atoms with E-state index < -0.39 is 11.8 Å². The number of hydrogen-bond donors (Lipinski definition) is 1. The van der Waals surface area contributed by atoms with Crippen molar-refractivity contribution in [3.05, 3.63) is 4.91 Å². The second-order valence-corrected chi connectivity index (χ2v) is 8.27. The van der Waals surface area contributed by atoms with Gasteiger partial charge in [-0.2, -0.15) is 4.91 Å². The van der Waals surface area contributed by atoms with Crippen LogP contribution >= 0.6 is 0 Å². The molecule has 0 aliphatic heterocycles. The van der Waals surface area contributed by atoms with E-state index in [1.54, 1.807) is 0 Å². The van der Waals surface area contributed by atoms with E-state index in [-0.39, 0.29) is 11.0 Å². The molecule has 3 atom stereocenters. The highest BCUT2D eigenvalue weighted by Gasteiger charge is 2.60. The molecule has 4 aliphatic rings. The van der Waals surface area contributed by atoms with Crippen LogP contribution in [0.2, 0.25) is 0 Å². The Bertz CT molecular complexity index is 393. The van der Waals surface area contributed by atoms with Gasteiger partial charge in [0.1, 0.15) is 5.54 Å². The lowest BCUT2D eigenvalue weighted by molar-refractivity contribution is -0.273. The van der Waals surface area contributed by atoms with Gasteiger partial charge in [-0.3, -0.25) is 0 Å². The van der Waals surface area contributed by atoms with Crippen molar-refractivity contribution in [3.8, 4) is 0 Å². The number of nitroso groups, excluding NO2 is 1. The summed E-state index contributed by atoms with van der Waals surface area (Å²) in [7, 11) is 0. The highest BCUT2D eigenvalue weighted by atomic mass is 16.6. The zero-order chi connectivity index (χ0) is 14.6. The summed E-state index contributed by atoms with van der Waals surface area (Å²) in [6.07, 6.45) is 5.91. The van der Waals surface area contributed by atoms with Crippen LogP contribution in [0.1, 0.15) is 65.7 Å². The second-order valence-electron chi connectivity index (χ2n) is 8.27. The molecule has 0 heterocycles. The van der Waals surface area contributed by atoms with Gasteiger partial charge in [0.2, 0.25) is 0 Å². The molecule has 4 nitrogen and oxygen atoms in total. The van der Waals surface area contributed by atoms with Gasteiger partial charge in [-0.1, -0.05) is 25.9 Å². The number of ether oxygens (including phenoxy) is 1. The normalized spacial score (nSPS) is 44.6. The van der Waals surface area contributed by atoms with Crippen LogP contribution in [0.5, 0.6) is 0 Å². The second kappa shape index (κ2) is 4.51. The topological polar surface area (TPSA) is 58.9 Å². The summed E-state index contributed by atoms with van der Waals surface area (Å²) in [4.78, 5) is 11.4. The zero-order valence-electron chi connectivity index (χ0n) is 12.9. The van der Waals surface area contributed by atoms with Crippen molar-refractivity contribution in [1.29, 1.82) is 0 Å². The largest absolute Gasteiger partial charge is 0.367 e. The molecule has 3 unspecified atom stereocenters. The Labute approximate surface area is 121 Å². The third kappa shape index (κ3) is 2.21. The molecule has 4 aliphatic carbocycles. The lowest BCUT2D eigenvalue weighted by atomic mass is 9.51. The van der Waals surface area contributed by atoms with Gasteiger partial charge in [0.05, 0.1) is 5.60 Å². The van der Waals surface area contributed by atoms with E-state index in [1.807, 2.05) is 13.8 Å². The van der Waals surface area contributed by atoms with Gasteiger partial charge >= 0.3 is 0 Å². The van der Waals surface area contributed by atoms with E-state index in [0.29, 0.717) is 18.3 Å². The molecule has 0 aromatic carbocycles. The Kier molecular flexibility index (Phi) is 3.26. The summed E-state index contributed by atoms with van der Waals surface area (Å²) in [6.45, 7) is 6.14. The molecule has 0 aromatic rings. The van der Waals surface area contributed by atoms with Crippen molar-refractivity contribution in [2.75, 3.05) is 0 Å². The van der Waals surface area contributed by atoms with Crippen molar-refractivity contribution in [1.82, 2.24) is 0 Å². The number of aliphatic hydroxyl groups excluding tert-OH is 1. The molecule has 4 bridgehead atoms. The maximum absolute atomic E-state index is 11.4. The standard InChI is InChI=1S/C16H27NO3/c1-4-14(2,3)13(18)20-16-8-11-5-12(9-16)7-15(6-11,10-16)17-19/h11-13,18H,4-10H2,1-3H3. The van der Waals surface area contributed by atoms with Gasteiger partial charge in [0, 0.05) is 11.8 Å². The maximum atomic E-state index is 11.4. The monoisotopic (exact) mass is 281 g/mol. The van der Waals surface area contributed by atoms with Crippen molar-refractivity contribution >= 4 is 0 Å². The molecule has 4 saturated carbocycles. The Morgan fingerprint density at radius 1 is 1.30 bits per heavy atom. The first-order valence-corrected chi connectivity index (χ1v) is 8.02. The van der Waals surface area contributed by atoms with Crippen molar-refractivity contribution < 1.29 is 9.84 Å². The van der Waals surface area contributed by atoms with Crippen LogP contribution in [-0.4, -0.2) is 22.5 Å². The smallest absolute Gasteiger partial charge is 0.160 e. The molecule has 0 aromatic heterocycles. The van der Waals surface area contributed by atoms with E-state index >= 15 is 0 Å². The van der Waals surface area contributed by atoms with Gasteiger partial charge in [-0.05, 0) is 50.4 Å². The first kappa shape index (κ1) is 14.5. The Morgan fingerprint density at radius 3 is 2.40 bits per heavy atom.